The number of nitrogens with zero attached hydrogens (tertiary/aromatic N) is 3. The van der Waals surface area contributed by atoms with Crippen molar-refractivity contribution in [2.24, 2.45) is 0 Å². The highest BCUT2D eigenvalue weighted by atomic mass is 16.3. The predicted octanol–water partition coefficient (Wildman–Crippen LogP) is 0.873. The summed E-state index contributed by atoms with van der Waals surface area (Å²) in [6.07, 6.45) is 0. The van der Waals surface area contributed by atoms with Crippen LogP contribution in [0, 0.1) is 0 Å². The molecule has 3 rings (SSSR count). The van der Waals surface area contributed by atoms with Crippen LogP contribution >= 0.6 is 0 Å². The highest BCUT2D eigenvalue weighted by molar-refractivity contribution is 5.96. The normalized spacial score (nSPS) is 15.2. The maximum Gasteiger partial charge on any atom is 0.280 e. The lowest BCUT2D eigenvalue weighted by molar-refractivity contribution is 0.0312. The topological polar surface area (TPSA) is 90.7 Å². The number of nitrogens with one attached hydrogen (secondary N) is 1. The number of fused-ring (bicyclic) bond motifs is 2. The third kappa shape index (κ3) is 2.31. The van der Waals surface area contributed by atoms with Gasteiger partial charge in [-0.1, -0.05) is 13.8 Å². The van der Waals surface area contributed by atoms with Crippen LogP contribution in [0.2, 0.25) is 0 Å². The standard InChI is InChI=1S/C15H20N4O3/c1-8(2)10-5-11-16-12-9(13(20)19(11)17-10)6-18(14(12)21)7-15(3,4)22/h5,8,16,22H,6-7H2,1-4H3. The van der Waals surface area contributed by atoms with Crippen LogP contribution in [-0.4, -0.2) is 42.7 Å². The van der Waals surface area contributed by atoms with Gasteiger partial charge < -0.3 is 15.0 Å². The zero-order chi connectivity index (χ0) is 16.2. The molecule has 0 fully saturated rings. The van der Waals surface area contributed by atoms with Gasteiger partial charge in [0.2, 0.25) is 0 Å². The lowest BCUT2D eigenvalue weighted by atomic mass is 10.1. The van der Waals surface area contributed by atoms with Crippen molar-refractivity contribution in [2.45, 2.75) is 45.8 Å². The summed E-state index contributed by atoms with van der Waals surface area (Å²) in [6, 6.07) is 1.79. The van der Waals surface area contributed by atoms with E-state index in [0.717, 1.165) is 5.69 Å². The molecule has 0 atom stereocenters. The van der Waals surface area contributed by atoms with Crippen molar-refractivity contribution in [3.63, 3.8) is 0 Å². The average molecular weight is 304 g/mol. The number of carbonyl (C=O) groups is 1. The minimum Gasteiger partial charge on any atom is -0.389 e. The monoisotopic (exact) mass is 304 g/mol. The summed E-state index contributed by atoms with van der Waals surface area (Å²) < 4.78 is 1.31. The number of hydrogen-bond acceptors (Lipinski definition) is 4. The van der Waals surface area contributed by atoms with E-state index in [1.807, 2.05) is 13.8 Å². The van der Waals surface area contributed by atoms with Gasteiger partial charge in [-0.2, -0.15) is 9.61 Å². The van der Waals surface area contributed by atoms with Gasteiger partial charge in [0.25, 0.3) is 11.5 Å². The second-order valence-electron chi connectivity index (χ2n) is 6.78. The Bertz CT molecular complexity index is 811. The fraction of sp³-hybridized carbons (Fsp3) is 0.533. The molecule has 0 spiro atoms. The van der Waals surface area contributed by atoms with Gasteiger partial charge in [0.1, 0.15) is 11.3 Å². The van der Waals surface area contributed by atoms with Crippen molar-refractivity contribution in [3.8, 4) is 0 Å². The summed E-state index contributed by atoms with van der Waals surface area (Å²) in [7, 11) is 0. The Morgan fingerprint density at radius 3 is 2.68 bits per heavy atom. The Morgan fingerprint density at radius 1 is 1.41 bits per heavy atom. The van der Waals surface area contributed by atoms with E-state index in [2.05, 4.69) is 10.1 Å². The van der Waals surface area contributed by atoms with Crippen LogP contribution < -0.4 is 5.56 Å². The van der Waals surface area contributed by atoms with Crippen LogP contribution in [-0.2, 0) is 6.54 Å². The number of H-pyrrole nitrogens is 1. The second-order valence-corrected chi connectivity index (χ2v) is 6.78. The summed E-state index contributed by atoms with van der Waals surface area (Å²) >= 11 is 0. The third-order valence-corrected chi connectivity index (χ3v) is 3.75. The molecule has 0 saturated carbocycles. The Kier molecular flexibility index (Phi) is 3.14. The zero-order valence-electron chi connectivity index (χ0n) is 13.2. The first-order valence-corrected chi connectivity index (χ1v) is 7.34. The molecular formula is C15H20N4O3. The van der Waals surface area contributed by atoms with Gasteiger partial charge in [-0.05, 0) is 19.8 Å². The molecule has 0 aliphatic carbocycles. The number of carbonyl (C=O) groups excluding carboxylic acids is 1. The molecule has 7 nitrogen and oxygen atoms in total. The molecule has 22 heavy (non-hydrogen) atoms. The van der Waals surface area contributed by atoms with Crippen LogP contribution in [0.1, 0.15) is 55.4 Å². The van der Waals surface area contributed by atoms with Crippen molar-refractivity contribution in [1.82, 2.24) is 19.5 Å². The maximum absolute atomic E-state index is 12.6. The lowest BCUT2D eigenvalue weighted by Crippen LogP contribution is -2.38. The molecule has 2 N–H and O–H groups in total. The molecule has 1 aliphatic rings. The van der Waals surface area contributed by atoms with Gasteiger partial charge in [-0.15, -0.1) is 0 Å². The highest BCUT2D eigenvalue weighted by Crippen LogP contribution is 2.22. The number of aromatic amines is 1. The first kappa shape index (κ1) is 14.8. The van der Waals surface area contributed by atoms with E-state index in [-0.39, 0.29) is 30.5 Å². The lowest BCUT2D eigenvalue weighted by Gasteiger charge is -2.24. The van der Waals surface area contributed by atoms with Crippen LogP contribution in [0.5, 0.6) is 0 Å². The Hall–Kier alpha value is -2.15. The number of hydrogen-bond donors (Lipinski definition) is 2. The molecule has 3 heterocycles. The van der Waals surface area contributed by atoms with E-state index in [1.54, 1.807) is 19.9 Å². The Balaban J connectivity index is 2.08. The summed E-state index contributed by atoms with van der Waals surface area (Å²) in [5.74, 6) is -0.0612. The summed E-state index contributed by atoms with van der Waals surface area (Å²) in [6.45, 7) is 7.62. The van der Waals surface area contributed by atoms with Crippen LogP contribution in [0.3, 0.4) is 0 Å². The number of aromatic nitrogens is 3. The van der Waals surface area contributed by atoms with Gasteiger partial charge in [-0.3, -0.25) is 9.59 Å². The van der Waals surface area contributed by atoms with Crippen LogP contribution in [0.25, 0.3) is 5.65 Å². The van der Waals surface area contributed by atoms with Crippen molar-refractivity contribution < 1.29 is 9.90 Å². The fourth-order valence-electron chi connectivity index (χ4n) is 2.71. The molecule has 0 radical (unpaired) electrons. The molecule has 0 unspecified atom stereocenters. The third-order valence-electron chi connectivity index (χ3n) is 3.75. The van der Waals surface area contributed by atoms with E-state index in [9.17, 15) is 14.7 Å². The minimum atomic E-state index is -1.01. The molecule has 0 saturated heterocycles. The summed E-state index contributed by atoms with van der Waals surface area (Å²) in [5.41, 5.74) is 0.745. The van der Waals surface area contributed by atoms with E-state index >= 15 is 0 Å². The van der Waals surface area contributed by atoms with E-state index < -0.39 is 5.60 Å². The molecule has 2 aromatic heterocycles. The molecule has 0 bridgehead atoms. The molecule has 1 amide bonds. The number of rotatable bonds is 3. The summed E-state index contributed by atoms with van der Waals surface area (Å²) in [4.78, 5) is 29.5. The number of amides is 1. The zero-order valence-corrected chi connectivity index (χ0v) is 13.2. The smallest absolute Gasteiger partial charge is 0.280 e. The van der Waals surface area contributed by atoms with Crippen LogP contribution in [0.15, 0.2) is 10.9 Å². The molecular weight excluding hydrogens is 284 g/mol. The fourth-order valence-corrected chi connectivity index (χ4v) is 2.71. The van der Waals surface area contributed by atoms with Crippen LogP contribution in [0.4, 0.5) is 0 Å². The quantitative estimate of drug-likeness (QED) is 0.880. The highest BCUT2D eigenvalue weighted by Gasteiger charge is 2.34. The molecule has 7 heteroatoms. The van der Waals surface area contributed by atoms with Crippen molar-refractivity contribution >= 4 is 11.6 Å². The Morgan fingerprint density at radius 2 is 2.09 bits per heavy atom. The number of β-amino-alcohol motifs (C(OH)–C–C–N with tert-alkyl or cyclic N) is 1. The number of aliphatic hydroxyl groups is 1. The molecule has 0 aromatic carbocycles. The average Bonchev–Trinajstić information content (AvgIpc) is 2.93. The molecule has 2 aromatic rings. The SMILES string of the molecule is CC(C)c1cc2[nH]c3c(c(=O)n2n1)CN(CC(C)(C)O)C3=O. The van der Waals surface area contributed by atoms with Gasteiger partial charge in [-0.25, -0.2) is 0 Å². The Labute approximate surface area is 127 Å². The maximum atomic E-state index is 12.6. The minimum absolute atomic E-state index is 0.174. The first-order valence-electron chi connectivity index (χ1n) is 7.34. The van der Waals surface area contributed by atoms with Crippen molar-refractivity contribution in [3.05, 3.63) is 33.4 Å². The van der Waals surface area contributed by atoms with Gasteiger partial charge in [0.15, 0.2) is 0 Å². The van der Waals surface area contributed by atoms with E-state index in [1.165, 1.54) is 9.42 Å². The first-order chi connectivity index (χ1) is 10.2. The van der Waals surface area contributed by atoms with Gasteiger partial charge in [0.05, 0.1) is 23.4 Å². The van der Waals surface area contributed by atoms with Crippen molar-refractivity contribution in [2.75, 3.05) is 6.54 Å². The molecule has 1 aliphatic heterocycles. The summed E-state index contributed by atoms with van der Waals surface area (Å²) in [5, 5.41) is 14.2. The second kappa shape index (κ2) is 4.67. The van der Waals surface area contributed by atoms with E-state index in [4.69, 9.17) is 0 Å². The van der Waals surface area contributed by atoms with E-state index in [0.29, 0.717) is 16.9 Å². The van der Waals surface area contributed by atoms with Gasteiger partial charge in [0, 0.05) is 12.6 Å². The van der Waals surface area contributed by atoms with Gasteiger partial charge >= 0.3 is 0 Å². The predicted molar refractivity (Wildman–Crippen MR) is 80.9 cm³/mol. The largest absolute Gasteiger partial charge is 0.389 e. The van der Waals surface area contributed by atoms with Crippen molar-refractivity contribution in [1.29, 1.82) is 0 Å². The molecule has 118 valence electrons.